The summed E-state index contributed by atoms with van der Waals surface area (Å²) in [6, 6.07) is 5.79. The number of carbonyl (C=O) groups is 1. The molecule has 17 heavy (non-hydrogen) atoms. The van der Waals surface area contributed by atoms with Crippen molar-refractivity contribution in [2.24, 2.45) is 0 Å². The minimum Gasteiger partial charge on any atom is -0.497 e. The van der Waals surface area contributed by atoms with Crippen molar-refractivity contribution in [3.8, 4) is 5.75 Å². The number of aryl methyl sites for hydroxylation is 1. The minimum atomic E-state index is -0.314. The maximum atomic E-state index is 11.2. The second-order valence-corrected chi connectivity index (χ2v) is 3.50. The normalized spacial score (nSPS) is 10.5. The lowest BCUT2D eigenvalue weighted by molar-refractivity contribution is -0.137. The summed E-state index contributed by atoms with van der Waals surface area (Å²) >= 11 is 0. The summed E-state index contributed by atoms with van der Waals surface area (Å²) in [6.07, 6.45) is 4.11. The molecule has 0 saturated carbocycles. The molecule has 0 fully saturated rings. The fourth-order valence-electron chi connectivity index (χ4n) is 1.53. The number of hydrogen-bond donors (Lipinski definition) is 0. The van der Waals surface area contributed by atoms with E-state index in [4.69, 9.17) is 9.47 Å². The maximum Gasteiger partial charge on any atom is 0.330 e. The molecule has 0 atom stereocenters. The monoisotopic (exact) mass is 234 g/mol. The Morgan fingerprint density at radius 2 is 2.12 bits per heavy atom. The predicted molar refractivity (Wildman–Crippen MR) is 68.0 cm³/mol. The average molecular weight is 234 g/mol. The molecule has 1 aromatic carbocycles. The van der Waals surface area contributed by atoms with Gasteiger partial charge in [-0.05, 0) is 42.7 Å². The minimum absolute atomic E-state index is 0.314. The largest absolute Gasteiger partial charge is 0.497 e. The molecule has 0 heterocycles. The summed E-state index contributed by atoms with van der Waals surface area (Å²) < 4.78 is 9.99. The van der Waals surface area contributed by atoms with E-state index < -0.39 is 0 Å². The van der Waals surface area contributed by atoms with E-state index in [9.17, 15) is 4.79 Å². The molecule has 1 rings (SSSR count). The standard InChI is InChI=1S/C14H18O3/c1-4-11-10-13(16-3)8-6-12(11)7-9-14(15)17-5-2/h6-10H,4-5H2,1-3H3/b9-7+. The van der Waals surface area contributed by atoms with Crippen molar-refractivity contribution in [3.05, 3.63) is 35.4 Å². The number of carbonyl (C=O) groups excluding carboxylic acids is 1. The molecule has 0 aliphatic heterocycles. The van der Waals surface area contributed by atoms with Gasteiger partial charge in [0.1, 0.15) is 5.75 Å². The van der Waals surface area contributed by atoms with Crippen LogP contribution in [0, 0.1) is 0 Å². The third-order valence-corrected chi connectivity index (χ3v) is 2.42. The zero-order valence-corrected chi connectivity index (χ0v) is 10.5. The van der Waals surface area contributed by atoms with Crippen molar-refractivity contribution in [2.45, 2.75) is 20.3 Å². The number of rotatable bonds is 5. The van der Waals surface area contributed by atoms with Crippen molar-refractivity contribution in [2.75, 3.05) is 13.7 Å². The molecular weight excluding hydrogens is 216 g/mol. The fraction of sp³-hybridized carbons (Fsp3) is 0.357. The topological polar surface area (TPSA) is 35.5 Å². The smallest absolute Gasteiger partial charge is 0.330 e. The molecular formula is C14H18O3. The number of benzene rings is 1. The zero-order chi connectivity index (χ0) is 12.7. The quantitative estimate of drug-likeness (QED) is 0.580. The highest BCUT2D eigenvalue weighted by molar-refractivity contribution is 5.87. The zero-order valence-electron chi connectivity index (χ0n) is 10.5. The van der Waals surface area contributed by atoms with Crippen LogP contribution in [0.2, 0.25) is 0 Å². The molecule has 3 nitrogen and oxygen atoms in total. The van der Waals surface area contributed by atoms with E-state index in [1.807, 2.05) is 18.2 Å². The number of esters is 1. The van der Waals surface area contributed by atoms with E-state index in [1.54, 1.807) is 20.1 Å². The van der Waals surface area contributed by atoms with Gasteiger partial charge in [0.15, 0.2) is 0 Å². The van der Waals surface area contributed by atoms with Crippen LogP contribution in [0.3, 0.4) is 0 Å². The van der Waals surface area contributed by atoms with Gasteiger partial charge in [0.25, 0.3) is 0 Å². The Bertz CT molecular complexity index is 408. The molecule has 92 valence electrons. The summed E-state index contributed by atoms with van der Waals surface area (Å²) in [4.78, 5) is 11.2. The molecule has 0 amide bonds. The molecule has 1 aromatic rings. The number of methoxy groups -OCH3 is 1. The Hall–Kier alpha value is -1.77. The molecule has 0 N–H and O–H groups in total. The summed E-state index contributed by atoms with van der Waals surface area (Å²) in [7, 11) is 1.64. The lowest BCUT2D eigenvalue weighted by Crippen LogP contribution is -1.99. The Balaban J connectivity index is 2.87. The van der Waals surface area contributed by atoms with E-state index in [0.717, 1.165) is 23.3 Å². The Kier molecular flexibility index (Phi) is 5.27. The van der Waals surface area contributed by atoms with Crippen molar-refractivity contribution >= 4 is 12.0 Å². The SMILES string of the molecule is CCOC(=O)/C=C/c1ccc(OC)cc1CC. The van der Waals surface area contributed by atoms with Crippen molar-refractivity contribution in [1.82, 2.24) is 0 Å². The van der Waals surface area contributed by atoms with Crippen LogP contribution in [0.4, 0.5) is 0 Å². The molecule has 0 saturated heterocycles. The summed E-state index contributed by atoms with van der Waals surface area (Å²) in [5, 5.41) is 0. The highest BCUT2D eigenvalue weighted by Crippen LogP contribution is 2.19. The lowest BCUT2D eigenvalue weighted by Gasteiger charge is -2.06. The van der Waals surface area contributed by atoms with Gasteiger partial charge in [-0.15, -0.1) is 0 Å². The Labute approximate surface area is 102 Å². The van der Waals surface area contributed by atoms with E-state index in [-0.39, 0.29) is 5.97 Å². The van der Waals surface area contributed by atoms with Gasteiger partial charge in [-0.1, -0.05) is 13.0 Å². The van der Waals surface area contributed by atoms with Crippen LogP contribution < -0.4 is 4.74 Å². The number of ether oxygens (including phenoxy) is 2. The number of hydrogen-bond acceptors (Lipinski definition) is 3. The predicted octanol–water partition coefficient (Wildman–Crippen LogP) is 2.83. The highest BCUT2D eigenvalue weighted by Gasteiger charge is 2.01. The fourth-order valence-corrected chi connectivity index (χ4v) is 1.53. The first-order chi connectivity index (χ1) is 8.21. The summed E-state index contributed by atoms with van der Waals surface area (Å²) in [5.41, 5.74) is 2.16. The van der Waals surface area contributed by atoms with E-state index in [0.29, 0.717) is 6.61 Å². The van der Waals surface area contributed by atoms with Gasteiger partial charge < -0.3 is 9.47 Å². The average Bonchev–Trinajstić information content (AvgIpc) is 2.36. The van der Waals surface area contributed by atoms with Crippen molar-refractivity contribution in [1.29, 1.82) is 0 Å². The molecule has 0 aliphatic carbocycles. The van der Waals surface area contributed by atoms with Crippen LogP contribution >= 0.6 is 0 Å². The van der Waals surface area contributed by atoms with Crippen LogP contribution in [-0.2, 0) is 16.0 Å². The van der Waals surface area contributed by atoms with Crippen LogP contribution in [0.25, 0.3) is 6.08 Å². The molecule has 0 aliphatic rings. The first-order valence-corrected chi connectivity index (χ1v) is 5.73. The Morgan fingerprint density at radius 3 is 2.71 bits per heavy atom. The van der Waals surface area contributed by atoms with Gasteiger partial charge in [0.05, 0.1) is 13.7 Å². The maximum absolute atomic E-state index is 11.2. The van der Waals surface area contributed by atoms with Crippen molar-refractivity contribution in [3.63, 3.8) is 0 Å². The van der Waals surface area contributed by atoms with Crippen LogP contribution in [0.15, 0.2) is 24.3 Å². The summed E-state index contributed by atoms with van der Waals surface area (Å²) in [5.74, 6) is 0.514. The molecule has 0 bridgehead atoms. The van der Waals surface area contributed by atoms with Crippen molar-refractivity contribution < 1.29 is 14.3 Å². The van der Waals surface area contributed by atoms with Gasteiger partial charge >= 0.3 is 5.97 Å². The van der Waals surface area contributed by atoms with Crippen LogP contribution in [0.1, 0.15) is 25.0 Å². The first-order valence-electron chi connectivity index (χ1n) is 5.73. The van der Waals surface area contributed by atoms with Crippen LogP contribution in [-0.4, -0.2) is 19.7 Å². The highest BCUT2D eigenvalue weighted by atomic mass is 16.5. The second-order valence-electron chi connectivity index (χ2n) is 3.50. The molecule has 0 unspecified atom stereocenters. The van der Waals surface area contributed by atoms with E-state index >= 15 is 0 Å². The van der Waals surface area contributed by atoms with Gasteiger partial charge in [0, 0.05) is 6.08 Å². The lowest BCUT2D eigenvalue weighted by atomic mass is 10.0. The molecule has 3 heteroatoms. The van der Waals surface area contributed by atoms with Gasteiger partial charge in [-0.2, -0.15) is 0 Å². The molecule has 0 aromatic heterocycles. The van der Waals surface area contributed by atoms with Crippen LogP contribution in [0.5, 0.6) is 5.75 Å². The van der Waals surface area contributed by atoms with E-state index in [2.05, 4.69) is 6.92 Å². The Morgan fingerprint density at radius 1 is 1.35 bits per heavy atom. The molecule has 0 radical (unpaired) electrons. The van der Waals surface area contributed by atoms with Gasteiger partial charge in [-0.3, -0.25) is 0 Å². The van der Waals surface area contributed by atoms with E-state index in [1.165, 1.54) is 6.08 Å². The second kappa shape index (κ2) is 6.74. The van der Waals surface area contributed by atoms with Gasteiger partial charge in [0.2, 0.25) is 0 Å². The third-order valence-electron chi connectivity index (χ3n) is 2.42. The third kappa shape index (κ3) is 3.94. The summed E-state index contributed by atoms with van der Waals surface area (Å²) in [6.45, 7) is 4.25. The van der Waals surface area contributed by atoms with Gasteiger partial charge in [-0.25, -0.2) is 4.79 Å². The molecule has 0 spiro atoms. The first kappa shape index (κ1) is 13.3.